The Morgan fingerprint density at radius 1 is 1.43 bits per heavy atom. The molecule has 0 aromatic carbocycles. The number of hydrogen-bond acceptors (Lipinski definition) is 7. The fourth-order valence-electron chi connectivity index (χ4n) is 2.92. The molecule has 9 heteroatoms. The van der Waals surface area contributed by atoms with E-state index in [0.29, 0.717) is 24.0 Å². The Balaban J connectivity index is 1.39. The molecular weight excluding hydrogens is 300 g/mol. The van der Waals surface area contributed by atoms with Gasteiger partial charge in [-0.1, -0.05) is 5.16 Å². The molecule has 1 unspecified atom stereocenters. The lowest BCUT2D eigenvalue weighted by molar-refractivity contribution is 0.0835. The zero-order chi connectivity index (χ0) is 15.6. The number of H-pyrrole nitrogens is 1. The molecule has 1 atom stereocenters. The van der Waals surface area contributed by atoms with E-state index in [0.717, 1.165) is 43.7 Å². The van der Waals surface area contributed by atoms with Crippen molar-refractivity contribution in [3.8, 4) is 0 Å². The van der Waals surface area contributed by atoms with E-state index < -0.39 is 0 Å². The predicted molar refractivity (Wildman–Crippen MR) is 77.4 cm³/mol. The third-order valence-corrected chi connectivity index (χ3v) is 4.12. The Morgan fingerprint density at radius 2 is 2.39 bits per heavy atom. The fourth-order valence-corrected chi connectivity index (χ4v) is 2.92. The van der Waals surface area contributed by atoms with Gasteiger partial charge in [0.25, 0.3) is 11.8 Å². The van der Waals surface area contributed by atoms with Crippen LogP contribution in [0.25, 0.3) is 0 Å². The third kappa shape index (κ3) is 2.84. The zero-order valence-corrected chi connectivity index (χ0v) is 12.6. The third-order valence-electron chi connectivity index (χ3n) is 4.12. The highest BCUT2D eigenvalue weighted by atomic mass is 16.5. The summed E-state index contributed by atoms with van der Waals surface area (Å²) in [5, 5.41) is 16.9. The second kappa shape index (κ2) is 6.09. The molecule has 2 aliphatic heterocycles. The van der Waals surface area contributed by atoms with Gasteiger partial charge in [0.05, 0.1) is 12.2 Å². The second-order valence-electron chi connectivity index (χ2n) is 5.69. The first-order valence-electron chi connectivity index (χ1n) is 7.80. The topological polar surface area (TPSA) is 118 Å². The van der Waals surface area contributed by atoms with Gasteiger partial charge < -0.3 is 19.9 Å². The van der Waals surface area contributed by atoms with Gasteiger partial charge in [-0.25, -0.2) is 0 Å². The number of aromatic nitrogens is 4. The van der Waals surface area contributed by atoms with Crippen molar-refractivity contribution < 1.29 is 14.1 Å². The van der Waals surface area contributed by atoms with Crippen LogP contribution in [0.4, 0.5) is 0 Å². The highest BCUT2D eigenvalue weighted by Crippen LogP contribution is 2.26. The maximum atomic E-state index is 12.3. The van der Waals surface area contributed by atoms with Crippen LogP contribution in [0.1, 0.15) is 52.4 Å². The van der Waals surface area contributed by atoms with Crippen molar-refractivity contribution in [3.05, 3.63) is 28.7 Å². The van der Waals surface area contributed by atoms with Crippen molar-refractivity contribution in [2.75, 3.05) is 13.2 Å². The molecule has 1 fully saturated rings. The molecule has 0 aliphatic carbocycles. The molecular formula is C14H18N6O3. The van der Waals surface area contributed by atoms with E-state index in [9.17, 15) is 4.79 Å². The van der Waals surface area contributed by atoms with E-state index in [2.05, 4.69) is 31.0 Å². The minimum absolute atomic E-state index is 0.113. The molecule has 3 N–H and O–H groups in total. The average Bonchev–Trinajstić information content (AvgIpc) is 3.31. The van der Waals surface area contributed by atoms with E-state index in [1.807, 2.05) is 0 Å². The van der Waals surface area contributed by atoms with Crippen LogP contribution in [0.15, 0.2) is 4.52 Å². The van der Waals surface area contributed by atoms with Crippen molar-refractivity contribution in [2.45, 2.75) is 38.5 Å². The lowest BCUT2D eigenvalue weighted by Crippen LogP contribution is -2.28. The number of ether oxygens (including phenoxy) is 1. The van der Waals surface area contributed by atoms with E-state index in [-0.39, 0.29) is 18.6 Å². The van der Waals surface area contributed by atoms with Crippen molar-refractivity contribution in [1.29, 1.82) is 0 Å². The van der Waals surface area contributed by atoms with Gasteiger partial charge in [-0.05, 0) is 25.8 Å². The van der Waals surface area contributed by atoms with Crippen molar-refractivity contribution in [2.24, 2.45) is 0 Å². The van der Waals surface area contributed by atoms with Crippen LogP contribution in [0.3, 0.4) is 0 Å². The molecule has 122 valence electrons. The predicted octanol–water partition coefficient (Wildman–Crippen LogP) is 0.220. The molecule has 2 aromatic heterocycles. The monoisotopic (exact) mass is 318 g/mol. The van der Waals surface area contributed by atoms with Gasteiger partial charge in [-0.3, -0.25) is 9.89 Å². The molecule has 9 nitrogen and oxygen atoms in total. The Labute approximate surface area is 132 Å². The van der Waals surface area contributed by atoms with Crippen LogP contribution >= 0.6 is 0 Å². The van der Waals surface area contributed by atoms with Crippen molar-refractivity contribution in [3.63, 3.8) is 0 Å². The van der Waals surface area contributed by atoms with Gasteiger partial charge in [0.1, 0.15) is 6.10 Å². The molecule has 1 saturated heterocycles. The molecule has 0 spiro atoms. The summed E-state index contributed by atoms with van der Waals surface area (Å²) in [6.45, 7) is 2.49. The summed E-state index contributed by atoms with van der Waals surface area (Å²) in [6.07, 6.45) is 2.57. The molecule has 0 radical (unpaired) electrons. The minimum Gasteiger partial charge on any atom is -0.368 e. The Kier molecular flexibility index (Phi) is 3.80. The summed E-state index contributed by atoms with van der Waals surface area (Å²) in [5.41, 5.74) is 2.40. The summed E-state index contributed by atoms with van der Waals surface area (Å²) in [5.74, 6) is 0.692. The smallest absolute Gasteiger partial charge is 0.272 e. The minimum atomic E-state index is -0.229. The van der Waals surface area contributed by atoms with Gasteiger partial charge in [-0.15, -0.1) is 0 Å². The Hall–Kier alpha value is -2.26. The Bertz CT molecular complexity index is 703. The second-order valence-corrected chi connectivity index (χ2v) is 5.69. The van der Waals surface area contributed by atoms with E-state index >= 15 is 0 Å². The highest BCUT2D eigenvalue weighted by molar-refractivity contribution is 5.93. The zero-order valence-electron chi connectivity index (χ0n) is 12.6. The molecule has 0 bridgehead atoms. The number of rotatable bonds is 4. The van der Waals surface area contributed by atoms with E-state index in [4.69, 9.17) is 9.26 Å². The SMILES string of the molecule is O=C(NCc1noc(C2CCCO2)n1)c1n[nH]c2c1CCNC2. The van der Waals surface area contributed by atoms with Crippen molar-refractivity contribution in [1.82, 2.24) is 31.0 Å². The average molecular weight is 318 g/mol. The van der Waals surface area contributed by atoms with E-state index in [1.165, 1.54) is 0 Å². The van der Waals surface area contributed by atoms with Crippen molar-refractivity contribution >= 4 is 5.91 Å². The number of carbonyl (C=O) groups excluding carboxylic acids is 1. The molecule has 1 amide bonds. The summed E-state index contributed by atoms with van der Waals surface area (Å²) >= 11 is 0. The van der Waals surface area contributed by atoms with Gasteiger partial charge in [0, 0.05) is 18.7 Å². The summed E-state index contributed by atoms with van der Waals surface area (Å²) < 4.78 is 10.7. The number of carbonyl (C=O) groups is 1. The fraction of sp³-hybridized carbons (Fsp3) is 0.571. The standard InChI is InChI=1S/C14H18N6O3/c21-13(12-8-3-4-15-6-9(8)18-19-12)16-7-11-17-14(23-20-11)10-2-1-5-22-10/h10,15H,1-7H2,(H,16,21)(H,18,19). The number of fused-ring (bicyclic) bond motifs is 1. The lowest BCUT2D eigenvalue weighted by Gasteiger charge is -2.12. The van der Waals surface area contributed by atoms with Crippen LogP contribution in [-0.2, 0) is 24.2 Å². The number of hydrogen-bond donors (Lipinski definition) is 3. The summed E-state index contributed by atoms with van der Waals surface area (Å²) in [6, 6.07) is 0. The number of amides is 1. The van der Waals surface area contributed by atoms with Crippen LogP contribution in [0.2, 0.25) is 0 Å². The van der Waals surface area contributed by atoms with Crippen LogP contribution in [0.5, 0.6) is 0 Å². The van der Waals surface area contributed by atoms with Gasteiger partial charge in [0.15, 0.2) is 11.5 Å². The van der Waals surface area contributed by atoms with E-state index in [1.54, 1.807) is 0 Å². The molecule has 4 heterocycles. The van der Waals surface area contributed by atoms with Gasteiger partial charge in [0.2, 0.25) is 0 Å². The molecule has 2 aromatic rings. The largest absolute Gasteiger partial charge is 0.368 e. The molecule has 0 saturated carbocycles. The maximum Gasteiger partial charge on any atom is 0.272 e. The maximum absolute atomic E-state index is 12.3. The lowest BCUT2D eigenvalue weighted by atomic mass is 10.1. The van der Waals surface area contributed by atoms with Crippen LogP contribution < -0.4 is 10.6 Å². The highest BCUT2D eigenvalue weighted by Gasteiger charge is 2.25. The summed E-state index contributed by atoms with van der Waals surface area (Å²) in [4.78, 5) is 16.6. The first-order chi connectivity index (χ1) is 11.3. The molecule has 4 rings (SSSR count). The number of aromatic amines is 1. The van der Waals surface area contributed by atoms with Gasteiger partial charge in [-0.2, -0.15) is 10.1 Å². The first kappa shape index (κ1) is 14.3. The van der Waals surface area contributed by atoms with Crippen LogP contribution in [0, 0.1) is 0 Å². The number of nitrogens with one attached hydrogen (secondary N) is 3. The van der Waals surface area contributed by atoms with Crippen LogP contribution in [-0.4, -0.2) is 39.4 Å². The normalized spacial score (nSPS) is 20.4. The first-order valence-corrected chi connectivity index (χ1v) is 7.80. The quantitative estimate of drug-likeness (QED) is 0.738. The molecule has 23 heavy (non-hydrogen) atoms. The number of nitrogens with zero attached hydrogens (tertiary/aromatic N) is 3. The van der Waals surface area contributed by atoms with Gasteiger partial charge >= 0.3 is 0 Å². The Morgan fingerprint density at radius 3 is 3.26 bits per heavy atom. The molecule has 2 aliphatic rings. The summed E-state index contributed by atoms with van der Waals surface area (Å²) in [7, 11) is 0.